The van der Waals surface area contributed by atoms with Crippen LogP contribution >= 0.6 is 0 Å². The molecule has 0 bridgehead atoms. The van der Waals surface area contributed by atoms with Crippen molar-refractivity contribution in [3.63, 3.8) is 0 Å². The first-order valence-electron chi connectivity index (χ1n) is 7.01. The molecule has 0 aliphatic heterocycles. The topological polar surface area (TPSA) is 108 Å². The van der Waals surface area contributed by atoms with Crippen LogP contribution in [0.2, 0.25) is 0 Å². The van der Waals surface area contributed by atoms with E-state index in [1.807, 2.05) is 6.92 Å². The molecule has 0 saturated heterocycles. The van der Waals surface area contributed by atoms with Gasteiger partial charge in [-0.1, -0.05) is 13.3 Å². The number of aliphatic carboxylic acids is 1. The quantitative estimate of drug-likeness (QED) is 0.447. The molecule has 7 heteroatoms. The molecule has 0 spiro atoms. The van der Waals surface area contributed by atoms with E-state index in [1.165, 1.54) is 0 Å². The van der Waals surface area contributed by atoms with Gasteiger partial charge in [-0.2, -0.15) is 0 Å². The molecule has 0 aromatic carbocycles. The van der Waals surface area contributed by atoms with Crippen LogP contribution in [0.25, 0.3) is 0 Å². The maximum atomic E-state index is 11.5. The fraction of sp³-hybridized carbons (Fsp3) is 0.769. The predicted molar refractivity (Wildman–Crippen MR) is 75.4 cm³/mol. The summed E-state index contributed by atoms with van der Waals surface area (Å²) in [5.41, 5.74) is 0. The Hall–Kier alpha value is -1.79. The first-order valence-corrected chi connectivity index (χ1v) is 7.01. The molecule has 1 unspecified atom stereocenters. The molecule has 1 atom stereocenters. The SMILES string of the molecule is CCCNC(=O)C(C)NC(=O)NCCCCCC(=O)O. The summed E-state index contributed by atoms with van der Waals surface area (Å²) >= 11 is 0. The minimum Gasteiger partial charge on any atom is -0.481 e. The van der Waals surface area contributed by atoms with Crippen LogP contribution in [0.15, 0.2) is 0 Å². The van der Waals surface area contributed by atoms with Gasteiger partial charge in [0.25, 0.3) is 0 Å². The monoisotopic (exact) mass is 287 g/mol. The number of unbranched alkanes of at least 4 members (excludes halogenated alkanes) is 2. The van der Waals surface area contributed by atoms with Gasteiger partial charge in [0.05, 0.1) is 0 Å². The van der Waals surface area contributed by atoms with Gasteiger partial charge in [-0.25, -0.2) is 4.79 Å². The maximum Gasteiger partial charge on any atom is 0.315 e. The lowest BCUT2D eigenvalue weighted by atomic mass is 10.2. The highest BCUT2D eigenvalue weighted by Gasteiger charge is 2.14. The zero-order valence-corrected chi connectivity index (χ0v) is 12.2. The van der Waals surface area contributed by atoms with E-state index in [9.17, 15) is 14.4 Å². The summed E-state index contributed by atoms with van der Waals surface area (Å²) in [7, 11) is 0. The van der Waals surface area contributed by atoms with Crippen molar-refractivity contribution in [1.82, 2.24) is 16.0 Å². The lowest BCUT2D eigenvalue weighted by Crippen LogP contribution is -2.48. The Morgan fingerprint density at radius 2 is 1.75 bits per heavy atom. The van der Waals surface area contributed by atoms with E-state index in [1.54, 1.807) is 6.92 Å². The Morgan fingerprint density at radius 3 is 2.35 bits per heavy atom. The molecule has 116 valence electrons. The molecule has 0 radical (unpaired) electrons. The highest BCUT2D eigenvalue weighted by Crippen LogP contribution is 1.98. The first kappa shape index (κ1) is 18.2. The fourth-order valence-electron chi connectivity index (χ4n) is 1.49. The van der Waals surface area contributed by atoms with Crippen LogP contribution in [0.3, 0.4) is 0 Å². The minimum atomic E-state index is -0.803. The zero-order chi connectivity index (χ0) is 15.4. The highest BCUT2D eigenvalue weighted by molar-refractivity contribution is 5.86. The van der Waals surface area contributed by atoms with Gasteiger partial charge in [-0.3, -0.25) is 9.59 Å². The van der Waals surface area contributed by atoms with Crippen LogP contribution in [0.4, 0.5) is 4.79 Å². The van der Waals surface area contributed by atoms with Crippen LogP contribution in [0.1, 0.15) is 46.0 Å². The smallest absolute Gasteiger partial charge is 0.315 e. The molecule has 0 aliphatic rings. The van der Waals surface area contributed by atoms with Crippen molar-refractivity contribution < 1.29 is 19.5 Å². The number of amides is 3. The van der Waals surface area contributed by atoms with Crippen molar-refractivity contribution in [2.24, 2.45) is 0 Å². The van der Waals surface area contributed by atoms with E-state index in [4.69, 9.17) is 5.11 Å². The van der Waals surface area contributed by atoms with Gasteiger partial charge in [0.15, 0.2) is 0 Å². The van der Waals surface area contributed by atoms with Crippen molar-refractivity contribution in [2.75, 3.05) is 13.1 Å². The van der Waals surface area contributed by atoms with Gasteiger partial charge in [0.2, 0.25) is 5.91 Å². The molecular weight excluding hydrogens is 262 g/mol. The number of carboxylic acid groups (broad SMARTS) is 1. The number of hydrogen-bond acceptors (Lipinski definition) is 3. The Balaban J connectivity index is 3.62. The lowest BCUT2D eigenvalue weighted by molar-refractivity contribution is -0.137. The molecule has 4 N–H and O–H groups in total. The summed E-state index contributed by atoms with van der Waals surface area (Å²) in [6, 6.07) is -0.962. The third kappa shape index (κ3) is 10.2. The Morgan fingerprint density at radius 1 is 1.05 bits per heavy atom. The molecule has 0 saturated carbocycles. The second kappa shape index (κ2) is 11.1. The van der Waals surface area contributed by atoms with Crippen molar-refractivity contribution in [3.05, 3.63) is 0 Å². The number of carbonyl (C=O) groups excluding carboxylic acids is 2. The third-order valence-electron chi connectivity index (χ3n) is 2.64. The summed E-state index contributed by atoms with van der Waals surface area (Å²) in [4.78, 5) is 33.3. The normalized spacial score (nSPS) is 11.5. The van der Waals surface area contributed by atoms with Gasteiger partial charge in [-0.05, 0) is 26.2 Å². The number of nitrogens with one attached hydrogen (secondary N) is 3. The molecule has 0 fully saturated rings. The van der Waals surface area contributed by atoms with Crippen LogP contribution in [0.5, 0.6) is 0 Å². The largest absolute Gasteiger partial charge is 0.481 e. The average Bonchev–Trinajstić information content (AvgIpc) is 2.39. The van der Waals surface area contributed by atoms with E-state index < -0.39 is 12.0 Å². The minimum absolute atomic E-state index is 0.154. The molecule has 0 heterocycles. The molecule has 7 nitrogen and oxygen atoms in total. The molecular formula is C13H25N3O4. The van der Waals surface area contributed by atoms with E-state index in [0.29, 0.717) is 19.5 Å². The van der Waals surface area contributed by atoms with E-state index in [-0.39, 0.29) is 18.4 Å². The summed E-state index contributed by atoms with van der Waals surface area (Å²) in [6.45, 7) is 4.64. The van der Waals surface area contributed by atoms with Crippen LogP contribution in [0, 0.1) is 0 Å². The fourth-order valence-corrected chi connectivity index (χ4v) is 1.49. The summed E-state index contributed by atoms with van der Waals surface area (Å²) in [5, 5.41) is 16.3. The average molecular weight is 287 g/mol. The second-order valence-electron chi connectivity index (χ2n) is 4.62. The van der Waals surface area contributed by atoms with Crippen LogP contribution in [-0.2, 0) is 9.59 Å². The Kier molecular flexibility index (Phi) is 10.1. The Bertz CT molecular complexity index is 321. The van der Waals surface area contributed by atoms with Crippen LogP contribution < -0.4 is 16.0 Å². The molecule has 0 aliphatic carbocycles. The molecule has 0 aromatic rings. The number of carboxylic acids is 1. The van der Waals surface area contributed by atoms with Crippen molar-refractivity contribution in [3.8, 4) is 0 Å². The van der Waals surface area contributed by atoms with Gasteiger partial charge >= 0.3 is 12.0 Å². The summed E-state index contributed by atoms with van der Waals surface area (Å²) in [5.74, 6) is -1.01. The van der Waals surface area contributed by atoms with Crippen LogP contribution in [-0.4, -0.2) is 42.1 Å². The van der Waals surface area contributed by atoms with Crippen molar-refractivity contribution in [2.45, 2.75) is 52.0 Å². The van der Waals surface area contributed by atoms with E-state index in [2.05, 4.69) is 16.0 Å². The number of carbonyl (C=O) groups is 3. The lowest BCUT2D eigenvalue weighted by Gasteiger charge is -2.14. The Labute approximate surface area is 119 Å². The second-order valence-corrected chi connectivity index (χ2v) is 4.62. The number of rotatable bonds is 10. The van der Waals surface area contributed by atoms with E-state index >= 15 is 0 Å². The standard InChI is InChI=1S/C13H25N3O4/c1-3-8-14-12(19)10(2)16-13(20)15-9-6-4-5-7-11(17)18/h10H,3-9H2,1-2H3,(H,14,19)(H,17,18)(H2,15,16,20). The summed E-state index contributed by atoms with van der Waals surface area (Å²) < 4.78 is 0. The predicted octanol–water partition coefficient (Wildman–Crippen LogP) is 0.845. The van der Waals surface area contributed by atoms with Crippen molar-refractivity contribution >= 4 is 17.9 Å². The number of hydrogen-bond donors (Lipinski definition) is 4. The number of urea groups is 1. The van der Waals surface area contributed by atoms with Gasteiger partial charge in [-0.15, -0.1) is 0 Å². The molecule has 3 amide bonds. The van der Waals surface area contributed by atoms with Gasteiger partial charge in [0, 0.05) is 19.5 Å². The highest BCUT2D eigenvalue weighted by atomic mass is 16.4. The molecule has 20 heavy (non-hydrogen) atoms. The molecule has 0 rings (SSSR count). The van der Waals surface area contributed by atoms with Gasteiger partial charge < -0.3 is 21.1 Å². The third-order valence-corrected chi connectivity index (χ3v) is 2.64. The maximum absolute atomic E-state index is 11.5. The summed E-state index contributed by atoms with van der Waals surface area (Å²) in [6.07, 6.45) is 3.08. The first-order chi connectivity index (χ1) is 9.47. The van der Waals surface area contributed by atoms with Crippen molar-refractivity contribution in [1.29, 1.82) is 0 Å². The zero-order valence-electron chi connectivity index (χ0n) is 12.2. The molecule has 0 aromatic heterocycles. The van der Waals surface area contributed by atoms with Gasteiger partial charge in [0.1, 0.15) is 6.04 Å². The van der Waals surface area contributed by atoms with E-state index in [0.717, 1.165) is 19.3 Å².